The summed E-state index contributed by atoms with van der Waals surface area (Å²) in [5.41, 5.74) is 1.72. The summed E-state index contributed by atoms with van der Waals surface area (Å²) in [6.45, 7) is 1.88. The van der Waals surface area contributed by atoms with E-state index >= 15 is 0 Å². The average Bonchev–Trinajstić information content (AvgIpc) is 3.08. The van der Waals surface area contributed by atoms with Gasteiger partial charge in [0.1, 0.15) is 18.1 Å². The average molecular weight is 410 g/mol. The van der Waals surface area contributed by atoms with Crippen LogP contribution in [0.4, 0.5) is 5.69 Å². The maximum Gasteiger partial charge on any atom is 0.287 e. The SMILES string of the molecule is Cc1cc2nc(COc3ccc(NC(=O)c4cccc(Cl)c4)cc3)cc(=O)n2o1. The molecule has 0 saturated heterocycles. The van der Waals surface area contributed by atoms with E-state index in [2.05, 4.69) is 10.3 Å². The first kappa shape index (κ1) is 18.8. The predicted molar refractivity (Wildman–Crippen MR) is 109 cm³/mol. The molecule has 1 N–H and O–H groups in total. The molecule has 0 spiro atoms. The number of hydrogen-bond acceptors (Lipinski definition) is 5. The summed E-state index contributed by atoms with van der Waals surface area (Å²) in [4.78, 5) is 28.6. The molecule has 146 valence electrons. The Morgan fingerprint density at radius 2 is 1.97 bits per heavy atom. The Morgan fingerprint density at radius 3 is 2.72 bits per heavy atom. The highest BCUT2D eigenvalue weighted by molar-refractivity contribution is 6.31. The number of rotatable bonds is 5. The van der Waals surface area contributed by atoms with Crippen molar-refractivity contribution < 1.29 is 14.1 Å². The number of carbonyl (C=O) groups excluding carboxylic acids is 1. The number of fused-ring (bicyclic) bond motifs is 1. The first-order valence-corrected chi connectivity index (χ1v) is 9.15. The van der Waals surface area contributed by atoms with Crippen molar-refractivity contribution in [2.24, 2.45) is 0 Å². The summed E-state index contributed by atoms with van der Waals surface area (Å²) in [5.74, 6) is 0.925. The van der Waals surface area contributed by atoms with Gasteiger partial charge in [0.15, 0.2) is 5.65 Å². The second-order valence-electron chi connectivity index (χ2n) is 6.36. The lowest BCUT2D eigenvalue weighted by atomic mass is 10.2. The molecule has 29 heavy (non-hydrogen) atoms. The van der Waals surface area contributed by atoms with Crippen LogP contribution in [0, 0.1) is 6.92 Å². The number of hydrogen-bond donors (Lipinski definition) is 1. The molecule has 7 nitrogen and oxygen atoms in total. The second kappa shape index (κ2) is 7.81. The topological polar surface area (TPSA) is 85.8 Å². The van der Waals surface area contributed by atoms with Crippen LogP contribution in [0.15, 0.2) is 70.0 Å². The van der Waals surface area contributed by atoms with Crippen molar-refractivity contribution >= 4 is 28.8 Å². The van der Waals surface area contributed by atoms with Crippen molar-refractivity contribution in [1.29, 1.82) is 0 Å². The molecule has 0 bridgehead atoms. The van der Waals surface area contributed by atoms with Gasteiger partial charge in [-0.1, -0.05) is 17.7 Å². The van der Waals surface area contributed by atoms with Crippen LogP contribution in [-0.2, 0) is 6.61 Å². The maximum atomic E-state index is 12.3. The van der Waals surface area contributed by atoms with Gasteiger partial charge in [-0.25, -0.2) is 4.98 Å². The molecule has 4 rings (SSSR count). The number of halogens is 1. The van der Waals surface area contributed by atoms with Crippen LogP contribution in [0.1, 0.15) is 21.8 Å². The number of anilines is 1. The molecule has 0 saturated carbocycles. The number of benzene rings is 2. The van der Waals surface area contributed by atoms with E-state index in [9.17, 15) is 9.59 Å². The summed E-state index contributed by atoms with van der Waals surface area (Å²) in [7, 11) is 0. The van der Waals surface area contributed by atoms with E-state index in [1.165, 1.54) is 6.07 Å². The summed E-state index contributed by atoms with van der Waals surface area (Å²) in [5, 5.41) is 3.29. The molecule has 8 heteroatoms. The fourth-order valence-corrected chi connectivity index (χ4v) is 2.96. The lowest BCUT2D eigenvalue weighted by Crippen LogP contribution is -2.14. The highest BCUT2D eigenvalue weighted by Gasteiger charge is 2.09. The van der Waals surface area contributed by atoms with Crippen molar-refractivity contribution in [3.63, 3.8) is 0 Å². The zero-order valence-corrected chi connectivity index (χ0v) is 16.1. The zero-order chi connectivity index (χ0) is 20.4. The zero-order valence-electron chi connectivity index (χ0n) is 15.4. The Balaban J connectivity index is 1.41. The standard InChI is InChI=1S/C21H16ClN3O4/c1-13-9-19-23-17(11-20(26)25(19)29-13)12-28-18-7-5-16(6-8-18)24-21(27)14-3-2-4-15(22)10-14/h2-11H,12H2,1H3,(H,24,27). The normalized spacial score (nSPS) is 10.8. The van der Waals surface area contributed by atoms with Crippen molar-refractivity contribution in [3.05, 3.63) is 93.1 Å². The minimum atomic E-state index is -0.305. The van der Waals surface area contributed by atoms with E-state index in [0.29, 0.717) is 39.1 Å². The number of nitrogens with one attached hydrogen (secondary N) is 1. The van der Waals surface area contributed by atoms with Gasteiger partial charge in [-0.15, -0.1) is 4.57 Å². The molecule has 0 radical (unpaired) electrons. The van der Waals surface area contributed by atoms with Crippen molar-refractivity contribution in [2.45, 2.75) is 13.5 Å². The Labute approximate surface area is 170 Å². The number of nitrogens with zero attached hydrogens (tertiary/aromatic N) is 2. The summed E-state index contributed by atoms with van der Waals surface area (Å²) >= 11 is 5.91. The minimum absolute atomic E-state index is 0.129. The molecular formula is C21H16ClN3O4. The number of carbonyl (C=O) groups is 1. The molecule has 0 aliphatic heterocycles. The minimum Gasteiger partial charge on any atom is -0.487 e. The van der Waals surface area contributed by atoms with Gasteiger partial charge in [-0.2, -0.15) is 0 Å². The maximum absolute atomic E-state index is 12.3. The smallest absolute Gasteiger partial charge is 0.287 e. The first-order valence-electron chi connectivity index (χ1n) is 8.77. The number of ether oxygens (including phenoxy) is 1. The molecule has 0 atom stereocenters. The van der Waals surface area contributed by atoms with Crippen molar-refractivity contribution in [3.8, 4) is 5.75 Å². The van der Waals surface area contributed by atoms with E-state index < -0.39 is 0 Å². The predicted octanol–water partition coefficient (Wildman–Crippen LogP) is 4.08. The monoisotopic (exact) mass is 409 g/mol. The van der Waals surface area contributed by atoms with Gasteiger partial charge in [0.25, 0.3) is 11.5 Å². The van der Waals surface area contributed by atoms with Gasteiger partial charge in [0.05, 0.1) is 5.69 Å². The van der Waals surface area contributed by atoms with E-state index in [4.69, 9.17) is 20.9 Å². The van der Waals surface area contributed by atoms with E-state index in [-0.39, 0.29) is 18.1 Å². The number of aromatic nitrogens is 2. The third-order valence-electron chi connectivity index (χ3n) is 4.11. The lowest BCUT2D eigenvalue weighted by Gasteiger charge is -2.08. The van der Waals surface area contributed by atoms with Crippen LogP contribution in [0.3, 0.4) is 0 Å². The molecule has 1 amide bonds. The molecule has 2 aromatic heterocycles. The van der Waals surface area contributed by atoms with Crippen LogP contribution >= 0.6 is 11.6 Å². The van der Waals surface area contributed by atoms with Crippen LogP contribution in [0.5, 0.6) is 5.75 Å². The molecule has 2 aromatic carbocycles. The Bertz CT molecular complexity index is 1250. The fraction of sp³-hybridized carbons (Fsp3) is 0.0952. The lowest BCUT2D eigenvalue weighted by molar-refractivity contribution is 0.102. The molecule has 0 fully saturated rings. The van der Waals surface area contributed by atoms with E-state index in [1.54, 1.807) is 61.5 Å². The summed E-state index contributed by atoms with van der Waals surface area (Å²) in [6, 6.07) is 16.7. The van der Waals surface area contributed by atoms with Crippen LogP contribution in [-0.4, -0.2) is 15.5 Å². The van der Waals surface area contributed by atoms with Crippen LogP contribution in [0.2, 0.25) is 5.02 Å². The quantitative estimate of drug-likeness (QED) is 0.536. The third kappa shape index (κ3) is 4.30. The van der Waals surface area contributed by atoms with Crippen LogP contribution in [0.25, 0.3) is 5.65 Å². The Hall–Kier alpha value is -3.58. The Kier molecular flexibility index (Phi) is 5.05. The van der Waals surface area contributed by atoms with E-state index in [0.717, 1.165) is 4.57 Å². The molecule has 0 aliphatic rings. The third-order valence-corrected chi connectivity index (χ3v) is 4.34. The van der Waals surface area contributed by atoms with Crippen molar-refractivity contribution in [1.82, 2.24) is 9.56 Å². The van der Waals surface area contributed by atoms with Gasteiger partial charge in [0.2, 0.25) is 0 Å². The highest BCUT2D eigenvalue weighted by atomic mass is 35.5. The molecule has 2 heterocycles. The number of aryl methyl sites for hydroxylation is 1. The molecule has 0 aliphatic carbocycles. The summed E-state index contributed by atoms with van der Waals surface area (Å²) < 4.78 is 12.1. The first-order chi connectivity index (χ1) is 14.0. The van der Waals surface area contributed by atoms with Gasteiger partial charge in [-0.3, -0.25) is 9.59 Å². The number of amides is 1. The largest absolute Gasteiger partial charge is 0.487 e. The van der Waals surface area contributed by atoms with Gasteiger partial charge < -0.3 is 14.6 Å². The van der Waals surface area contributed by atoms with E-state index in [1.807, 2.05) is 0 Å². The molecule has 4 aromatic rings. The van der Waals surface area contributed by atoms with Crippen molar-refractivity contribution in [2.75, 3.05) is 5.32 Å². The molecular weight excluding hydrogens is 394 g/mol. The second-order valence-corrected chi connectivity index (χ2v) is 6.80. The van der Waals surface area contributed by atoms with Gasteiger partial charge >= 0.3 is 0 Å². The molecule has 0 unspecified atom stereocenters. The summed E-state index contributed by atoms with van der Waals surface area (Å²) in [6.07, 6.45) is 0. The highest BCUT2D eigenvalue weighted by Crippen LogP contribution is 2.18. The van der Waals surface area contributed by atoms with Gasteiger partial charge in [-0.05, 0) is 49.4 Å². The fourth-order valence-electron chi connectivity index (χ4n) is 2.77. The Morgan fingerprint density at radius 1 is 1.17 bits per heavy atom. The van der Waals surface area contributed by atoms with Gasteiger partial charge in [0, 0.05) is 28.4 Å². The van der Waals surface area contributed by atoms with Crippen LogP contribution < -0.4 is 15.6 Å².